The number of pyridine rings is 1. The van der Waals surface area contributed by atoms with Gasteiger partial charge in [0.05, 0.1) is 0 Å². The quantitative estimate of drug-likeness (QED) is 0.856. The van der Waals surface area contributed by atoms with Crippen LogP contribution in [0.3, 0.4) is 0 Å². The maximum atomic E-state index is 11.7. The summed E-state index contributed by atoms with van der Waals surface area (Å²) in [6.07, 6.45) is 6.70. The first-order valence-corrected chi connectivity index (χ1v) is 6.77. The first-order valence-electron chi connectivity index (χ1n) is 6.77. The summed E-state index contributed by atoms with van der Waals surface area (Å²) >= 11 is 0. The average molecular weight is 281 g/mol. The van der Waals surface area contributed by atoms with Crippen molar-refractivity contribution < 1.29 is 4.79 Å². The molecule has 0 bridgehead atoms. The molecule has 1 N–H and O–H groups in total. The largest absolute Gasteiger partial charge is 0.378 e. The van der Waals surface area contributed by atoms with Gasteiger partial charge in [-0.2, -0.15) is 0 Å². The van der Waals surface area contributed by atoms with Crippen molar-refractivity contribution in [3.8, 4) is 0 Å². The molecule has 1 amide bonds. The Morgan fingerprint density at radius 3 is 2.43 bits per heavy atom. The number of carbonyl (C=O) groups is 1. The second kappa shape index (κ2) is 7.24. The van der Waals surface area contributed by atoms with Gasteiger partial charge in [-0.25, -0.2) is 0 Å². The summed E-state index contributed by atoms with van der Waals surface area (Å²) in [6, 6.07) is 11.8. The van der Waals surface area contributed by atoms with E-state index in [1.54, 1.807) is 18.5 Å². The molecule has 4 heteroatoms. The zero-order chi connectivity index (χ0) is 15.1. The third-order valence-electron chi connectivity index (χ3n) is 3.05. The predicted octanol–water partition coefficient (Wildman–Crippen LogP) is 2.48. The fourth-order valence-electron chi connectivity index (χ4n) is 1.81. The number of anilines is 1. The molecule has 108 valence electrons. The molecule has 0 aliphatic rings. The van der Waals surface area contributed by atoms with Gasteiger partial charge >= 0.3 is 0 Å². The molecule has 0 atom stereocenters. The Bertz CT molecular complexity index is 604. The number of hydrogen-bond donors (Lipinski definition) is 1. The number of benzene rings is 1. The van der Waals surface area contributed by atoms with Crippen LogP contribution in [0, 0.1) is 0 Å². The van der Waals surface area contributed by atoms with Gasteiger partial charge in [0.1, 0.15) is 0 Å². The molecule has 1 aromatic carbocycles. The molecule has 0 unspecified atom stereocenters. The Balaban J connectivity index is 1.85. The molecule has 0 saturated carbocycles. The monoisotopic (exact) mass is 281 g/mol. The fraction of sp³-hybridized carbons (Fsp3) is 0.176. The molecule has 2 aromatic rings. The van der Waals surface area contributed by atoms with Gasteiger partial charge in [0, 0.05) is 44.8 Å². The number of aromatic nitrogens is 1. The van der Waals surface area contributed by atoms with E-state index >= 15 is 0 Å². The highest BCUT2D eigenvalue weighted by Crippen LogP contribution is 2.11. The fourth-order valence-corrected chi connectivity index (χ4v) is 1.81. The van der Waals surface area contributed by atoms with E-state index < -0.39 is 0 Å². The summed E-state index contributed by atoms with van der Waals surface area (Å²) in [6.45, 7) is 0.521. The van der Waals surface area contributed by atoms with Crippen molar-refractivity contribution in [3.05, 3.63) is 66.0 Å². The summed E-state index contributed by atoms with van der Waals surface area (Å²) in [5.74, 6) is -0.108. The SMILES string of the molecule is CN(C)c1ccc(CNC(=O)C=Cc2ccncc2)cc1. The minimum atomic E-state index is -0.108. The molecule has 21 heavy (non-hydrogen) atoms. The minimum Gasteiger partial charge on any atom is -0.378 e. The number of amides is 1. The van der Waals surface area contributed by atoms with Gasteiger partial charge in [0.2, 0.25) is 5.91 Å². The van der Waals surface area contributed by atoms with Gasteiger partial charge in [-0.15, -0.1) is 0 Å². The maximum absolute atomic E-state index is 11.7. The summed E-state index contributed by atoms with van der Waals surface area (Å²) in [5.41, 5.74) is 3.17. The Morgan fingerprint density at radius 2 is 1.81 bits per heavy atom. The normalized spacial score (nSPS) is 10.6. The highest BCUT2D eigenvalue weighted by molar-refractivity contribution is 5.91. The van der Waals surface area contributed by atoms with Crippen LogP contribution in [-0.4, -0.2) is 25.0 Å². The van der Waals surface area contributed by atoms with Crippen molar-refractivity contribution in [1.82, 2.24) is 10.3 Å². The van der Waals surface area contributed by atoms with Crippen LogP contribution in [0.2, 0.25) is 0 Å². The first-order chi connectivity index (χ1) is 10.1. The molecule has 0 saturated heterocycles. The number of nitrogens with zero attached hydrogens (tertiary/aromatic N) is 2. The lowest BCUT2D eigenvalue weighted by molar-refractivity contribution is -0.116. The van der Waals surface area contributed by atoms with Crippen LogP contribution in [0.4, 0.5) is 5.69 Å². The molecule has 0 aliphatic heterocycles. The topological polar surface area (TPSA) is 45.2 Å². The van der Waals surface area contributed by atoms with Crippen LogP contribution in [0.1, 0.15) is 11.1 Å². The van der Waals surface area contributed by atoms with Crippen molar-refractivity contribution >= 4 is 17.7 Å². The second-order valence-corrected chi connectivity index (χ2v) is 4.89. The van der Waals surface area contributed by atoms with Crippen LogP contribution in [0.15, 0.2) is 54.9 Å². The van der Waals surface area contributed by atoms with Crippen LogP contribution in [-0.2, 0) is 11.3 Å². The lowest BCUT2D eigenvalue weighted by Crippen LogP contribution is -2.20. The molecule has 4 nitrogen and oxygen atoms in total. The van der Waals surface area contributed by atoms with E-state index in [1.807, 2.05) is 55.4 Å². The van der Waals surface area contributed by atoms with E-state index in [4.69, 9.17) is 0 Å². The smallest absolute Gasteiger partial charge is 0.244 e. The van der Waals surface area contributed by atoms with Crippen molar-refractivity contribution in [2.45, 2.75) is 6.54 Å². The molecular formula is C17H19N3O. The number of rotatable bonds is 5. The van der Waals surface area contributed by atoms with E-state index in [0.29, 0.717) is 6.54 Å². The molecule has 1 aromatic heterocycles. The van der Waals surface area contributed by atoms with Crippen molar-refractivity contribution in [2.24, 2.45) is 0 Å². The zero-order valence-corrected chi connectivity index (χ0v) is 12.3. The van der Waals surface area contributed by atoms with E-state index in [2.05, 4.69) is 10.3 Å². The van der Waals surface area contributed by atoms with Gasteiger partial charge in [0.25, 0.3) is 0 Å². The maximum Gasteiger partial charge on any atom is 0.244 e. The molecule has 0 fully saturated rings. The summed E-state index contributed by atoms with van der Waals surface area (Å²) in [4.78, 5) is 17.7. The van der Waals surface area contributed by atoms with Crippen molar-refractivity contribution in [2.75, 3.05) is 19.0 Å². The predicted molar refractivity (Wildman–Crippen MR) is 85.9 cm³/mol. The zero-order valence-electron chi connectivity index (χ0n) is 12.3. The lowest BCUT2D eigenvalue weighted by Gasteiger charge is -2.12. The third kappa shape index (κ3) is 4.76. The average Bonchev–Trinajstić information content (AvgIpc) is 2.52. The van der Waals surface area contributed by atoms with E-state index in [-0.39, 0.29) is 5.91 Å². The first kappa shape index (κ1) is 14.8. The number of nitrogens with one attached hydrogen (secondary N) is 1. The molecule has 1 heterocycles. The third-order valence-corrected chi connectivity index (χ3v) is 3.05. The summed E-state index contributed by atoms with van der Waals surface area (Å²) < 4.78 is 0. The van der Waals surface area contributed by atoms with Gasteiger partial charge in [0.15, 0.2) is 0 Å². The lowest BCUT2D eigenvalue weighted by atomic mass is 10.2. The molecule has 2 rings (SSSR count). The number of hydrogen-bond acceptors (Lipinski definition) is 3. The Morgan fingerprint density at radius 1 is 1.14 bits per heavy atom. The van der Waals surface area contributed by atoms with Crippen LogP contribution in [0.5, 0.6) is 0 Å². The van der Waals surface area contributed by atoms with Crippen molar-refractivity contribution in [3.63, 3.8) is 0 Å². The van der Waals surface area contributed by atoms with Crippen molar-refractivity contribution in [1.29, 1.82) is 0 Å². The van der Waals surface area contributed by atoms with Crippen LogP contribution >= 0.6 is 0 Å². The Kier molecular flexibility index (Phi) is 5.10. The highest BCUT2D eigenvalue weighted by Gasteiger charge is 1.98. The summed E-state index contributed by atoms with van der Waals surface area (Å²) in [7, 11) is 4.00. The standard InChI is InChI=1S/C17H19N3O/c1-20(2)16-6-3-15(4-7-16)13-19-17(21)8-5-14-9-11-18-12-10-14/h3-12H,13H2,1-2H3,(H,19,21). The minimum absolute atomic E-state index is 0.108. The van der Waals surface area contributed by atoms with Gasteiger partial charge < -0.3 is 10.2 Å². The van der Waals surface area contributed by atoms with Gasteiger partial charge in [-0.05, 0) is 41.5 Å². The number of carbonyl (C=O) groups excluding carboxylic acids is 1. The van der Waals surface area contributed by atoms with Gasteiger partial charge in [-0.1, -0.05) is 12.1 Å². The molecule has 0 spiro atoms. The Labute approximate surface area is 125 Å². The van der Waals surface area contributed by atoms with Gasteiger partial charge in [-0.3, -0.25) is 9.78 Å². The molecular weight excluding hydrogens is 262 g/mol. The molecule has 0 radical (unpaired) electrons. The highest BCUT2D eigenvalue weighted by atomic mass is 16.1. The van der Waals surface area contributed by atoms with E-state index in [1.165, 1.54) is 6.08 Å². The summed E-state index contributed by atoms with van der Waals surface area (Å²) in [5, 5.41) is 2.86. The van der Waals surface area contributed by atoms with Crippen LogP contribution in [0.25, 0.3) is 6.08 Å². The van der Waals surface area contributed by atoms with E-state index in [0.717, 1.165) is 16.8 Å². The van der Waals surface area contributed by atoms with E-state index in [9.17, 15) is 4.79 Å². The second-order valence-electron chi connectivity index (χ2n) is 4.89. The Hall–Kier alpha value is -2.62. The molecule has 0 aliphatic carbocycles. The van der Waals surface area contributed by atoms with Crippen LogP contribution < -0.4 is 10.2 Å².